The molecule has 0 aromatic heterocycles. The number of benzene rings is 1. The predicted molar refractivity (Wildman–Crippen MR) is 93.4 cm³/mol. The average molecular weight is 359 g/mol. The van der Waals surface area contributed by atoms with Gasteiger partial charge in [0.25, 0.3) is 5.91 Å². The van der Waals surface area contributed by atoms with E-state index in [1.54, 1.807) is 35.1 Å². The predicted octanol–water partition coefficient (Wildman–Crippen LogP) is 3.81. The Morgan fingerprint density at radius 2 is 1.86 bits per heavy atom. The normalized spacial score (nSPS) is 16.9. The van der Waals surface area contributed by atoms with Crippen LogP contribution >= 0.6 is 35.4 Å². The van der Waals surface area contributed by atoms with Gasteiger partial charge >= 0.3 is 0 Å². The molecule has 0 atom stereocenters. The van der Waals surface area contributed by atoms with E-state index in [0.717, 1.165) is 5.56 Å². The summed E-state index contributed by atoms with van der Waals surface area (Å²) in [6.45, 7) is 4.74. The molecule has 7 heteroatoms. The van der Waals surface area contributed by atoms with Gasteiger partial charge in [0, 0.05) is 13.6 Å². The zero-order valence-electron chi connectivity index (χ0n) is 12.5. The molecule has 1 amide bonds. The largest absolute Gasteiger partial charge is 0.491 e. The molecule has 2 rings (SSSR count). The highest BCUT2D eigenvalue weighted by Crippen LogP contribution is 2.35. The van der Waals surface area contributed by atoms with Crippen molar-refractivity contribution in [2.45, 2.75) is 13.8 Å². The first-order valence-corrected chi connectivity index (χ1v) is 8.00. The van der Waals surface area contributed by atoms with Gasteiger partial charge in [-0.05, 0) is 49.8 Å². The van der Waals surface area contributed by atoms with E-state index in [0.29, 0.717) is 39.8 Å². The lowest BCUT2D eigenvalue weighted by molar-refractivity contribution is -0.122. The monoisotopic (exact) mass is 358 g/mol. The Labute approximate surface area is 145 Å². The summed E-state index contributed by atoms with van der Waals surface area (Å²) in [5.74, 6) is 0.320. The van der Waals surface area contributed by atoms with E-state index in [-0.39, 0.29) is 5.91 Å². The van der Waals surface area contributed by atoms with Crippen molar-refractivity contribution in [3.63, 3.8) is 0 Å². The maximum atomic E-state index is 12.3. The van der Waals surface area contributed by atoms with Crippen molar-refractivity contribution in [2.24, 2.45) is 0 Å². The summed E-state index contributed by atoms with van der Waals surface area (Å²) in [5.41, 5.74) is 1.21. The van der Waals surface area contributed by atoms with Crippen molar-refractivity contribution < 1.29 is 9.53 Å². The number of carbonyl (C=O) groups is 1. The van der Waals surface area contributed by atoms with E-state index < -0.39 is 0 Å². The highest BCUT2D eigenvalue weighted by atomic mass is 35.5. The van der Waals surface area contributed by atoms with Gasteiger partial charge in [0.2, 0.25) is 0 Å². The maximum absolute atomic E-state index is 12.3. The molecule has 0 spiro atoms. The van der Waals surface area contributed by atoms with Gasteiger partial charge in [-0.3, -0.25) is 9.69 Å². The Hall–Kier alpha value is -1.30. The number of nitrogens with zero attached hydrogens (tertiary/aromatic N) is 2. The number of hydrogen-bond acceptors (Lipinski definition) is 3. The number of thiocarbonyl (C=S) groups is 1. The Kier molecular flexibility index (Phi) is 5.32. The smallest absolute Gasteiger partial charge is 0.276 e. The number of hydrogen-bond donors (Lipinski definition) is 0. The number of ether oxygens (including phenoxy) is 1. The second-order valence-electron chi connectivity index (χ2n) is 4.67. The quantitative estimate of drug-likeness (QED) is 0.605. The molecule has 1 aromatic rings. The van der Waals surface area contributed by atoms with E-state index in [1.807, 2.05) is 13.8 Å². The molecule has 1 saturated heterocycles. The van der Waals surface area contributed by atoms with Crippen LogP contribution in [0.5, 0.6) is 5.75 Å². The van der Waals surface area contributed by atoms with Crippen molar-refractivity contribution >= 4 is 52.5 Å². The molecule has 0 bridgehead atoms. The zero-order valence-corrected chi connectivity index (χ0v) is 14.8. The third-order valence-electron chi connectivity index (χ3n) is 3.27. The highest BCUT2D eigenvalue weighted by molar-refractivity contribution is 7.80. The summed E-state index contributed by atoms with van der Waals surface area (Å²) in [6.07, 6.45) is 1.72. The van der Waals surface area contributed by atoms with Crippen molar-refractivity contribution in [3.8, 4) is 5.75 Å². The highest BCUT2D eigenvalue weighted by Gasteiger charge is 2.34. The zero-order chi connectivity index (χ0) is 16.4. The van der Waals surface area contributed by atoms with Gasteiger partial charge in [0.1, 0.15) is 5.70 Å². The summed E-state index contributed by atoms with van der Waals surface area (Å²) < 4.78 is 5.40. The molecular weight excluding hydrogens is 343 g/mol. The minimum atomic E-state index is -0.129. The Morgan fingerprint density at radius 3 is 2.32 bits per heavy atom. The third kappa shape index (κ3) is 3.07. The molecule has 4 nitrogen and oxygen atoms in total. The van der Waals surface area contributed by atoms with Crippen LogP contribution in [0.15, 0.2) is 17.8 Å². The van der Waals surface area contributed by atoms with Crippen LogP contribution in [0.3, 0.4) is 0 Å². The first-order valence-electron chi connectivity index (χ1n) is 6.83. The minimum Gasteiger partial charge on any atom is -0.491 e. The van der Waals surface area contributed by atoms with Crippen LogP contribution in [0, 0.1) is 0 Å². The van der Waals surface area contributed by atoms with Crippen LogP contribution < -0.4 is 4.74 Å². The number of halogens is 2. The molecule has 0 unspecified atom stereocenters. The lowest BCUT2D eigenvalue weighted by atomic mass is 10.1. The average Bonchev–Trinajstić information content (AvgIpc) is 2.66. The standard InChI is InChI=1S/C15H16Cl2N2O2S/c1-4-19-14(20)12(18(3)15(19)22)8-9-6-10(16)13(21-5-2)11(17)7-9/h6-8H,4-5H2,1-3H3/b12-8-. The van der Waals surface area contributed by atoms with Crippen LogP contribution in [-0.2, 0) is 4.79 Å². The van der Waals surface area contributed by atoms with Crippen LogP contribution in [0.25, 0.3) is 6.08 Å². The summed E-state index contributed by atoms with van der Waals surface area (Å²) in [7, 11) is 1.76. The van der Waals surface area contributed by atoms with Crippen molar-refractivity contribution in [1.82, 2.24) is 9.80 Å². The van der Waals surface area contributed by atoms with E-state index in [9.17, 15) is 4.79 Å². The second-order valence-corrected chi connectivity index (χ2v) is 5.85. The van der Waals surface area contributed by atoms with E-state index >= 15 is 0 Å². The third-order valence-corrected chi connectivity index (χ3v) is 4.33. The summed E-state index contributed by atoms with van der Waals surface area (Å²) in [4.78, 5) is 15.6. The molecule has 1 aliphatic rings. The Bertz CT molecular complexity index is 638. The first kappa shape index (κ1) is 17.1. The SMILES string of the molecule is CCOc1c(Cl)cc(/C=C2/C(=O)N(CC)C(=S)N2C)cc1Cl. The molecule has 1 aromatic carbocycles. The molecule has 0 saturated carbocycles. The van der Waals surface area contributed by atoms with Crippen LogP contribution in [0.1, 0.15) is 19.4 Å². The van der Waals surface area contributed by atoms with Crippen molar-refractivity contribution in [2.75, 3.05) is 20.2 Å². The van der Waals surface area contributed by atoms with Crippen molar-refractivity contribution in [3.05, 3.63) is 33.4 Å². The number of carbonyl (C=O) groups excluding carboxylic acids is 1. The van der Waals surface area contributed by atoms with Crippen LogP contribution in [-0.4, -0.2) is 41.0 Å². The topological polar surface area (TPSA) is 32.8 Å². The Morgan fingerprint density at radius 1 is 1.27 bits per heavy atom. The maximum Gasteiger partial charge on any atom is 0.276 e. The number of rotatable bonds is 4. The van der Waals surface area contributed by atoms with Gasteiger partial charge in [-0.15, -0.1) is 0 Å². The number of likely N-dealkylation sites (N-methyl/N-ethyl adjacent to an activating group) is 2. The fourth-order valence-corrected chi connectivity index (χ4v) is 3.12. The van der Waals surface area contributed by atoms with Crippen LogP contribution in [0.4, 0.5) is 0 Å². The number of amides is 1. The fraction of sp³-hybridized carbons (Fsp3) is 0.333. The van der Waals surface area contributed by atoms with Gasteiger partial charge in [0.05, 0.1) is 16.7 Å². The summed E-state index contributed by atoms with van der Waals surface area (Å²) >= 11 is 17.6. The van der Waals surface area contributed by atoms with E-state index in [4.69, 9.17) is 40.2 Å². The second kappa shape index (κ2) is 6.86. The first-order chi connectivity index (χ1) is 10.4. The van der Waals surface area contributed by atoms with E-state index in [2.05, 4.69) is 0 Å². The van der Waals surface area contributed by atoms with Gasteiger partial charge in [-0.2, -0.15) is 0 Å². The molecular formula is C15H16Cl2N2O2S. The molecule has 118 valence electrons. The lowest BCUT2D eigenvalue weighted by Gasteiger charge is -2.13. The fourth-order valence-electron chi connectivity index (χ4n) is 2.19. The van der Waals surface area contributed by atoms with Gasteiger partial charge in [-0.25, -0.2) is 0 Å². The van der Waals surface area contributed by atoms with Gasteiger partial charge < -0.3 is 9.64 Å². The molecule has 1 fully saturated rings. The molecule has 0 N–H and O–H groups in total. The van der Waals surface area contributed by atoms with Gasteiger partial charge in [-0.1, -0.05) is 23.2 Å². The minimum absolute atomic E-state index is 0.129. The van der Waals surface area contributed by atoms with E-state index in [1.165, 1.54) is 0 Å². The molecule has 22 heavy (non-hydrogen) atoms. The summed E-state index contributed by atoms with van der Waals surface area (Å²) in [5, 5.41) is 1.30. The molecule has 0 radical (unpaired) electrons. The lowest BCUT2D eigenvalue weighted by Crippen LogP contribution is -2.30. The summed E-state index contributed by atoms with van der Waals surface area (Å²) in [6, 6.07) is 3.43. The molecule has 0 aliphatic carbocycles. The van der Waals surface area contributed by atoms with Gasteiger partial charge in [0.15, 0.2) is 10.9 Å². The molecule has 1 aliphatic heterocycles. The van der Waals surface area contributed by atoms with Crippen LogP contribution in [0.2, 0.25) is 10.0 Å². The Balaban J connectivity index is 2.41. The van der Waals surface area contributed by atoms with Crippen molar-refractivity contribution in [1.29, 1.82) is 0 Å². The molecule has 1 heterocycles.